The molecule has 2 aliphatic carbocycles. The van der Waals surface area contributed by atoms with Crippen molar-refractivity contribution in [2.45, 2.75) is 85.9 Å². The Bertz CT molecular complexity index is 1150. The molecule has 1 aromatic heterocycles. The third-order valence-electron chi connectivity index (χ3n) is 8.51. The summed E-state index contributed by atoms with van der Waals surface area (Å²) in [7, 11) is 0. The van der Waals surface area contributed by atoms with Crippen LogP contribution in [0, 0.1) is 42.6 Å². The molecule has 2 aromatic carbocycles. The molecule has 4 unspecified atom stereocenters. The van der Waals surface area contributed by atoms with E-state index in [0.29, 0.717) is 5.92 Å². The molecule has 1 heterocycles. The van der Waals surface area contributed by atoms with Gasteiger partial charge in [-0.15, -0.1) is 34.9 Å². The maximum atomic E-state index is 10.7. The van der Waals surface area contributed by atoms with Gasteiger partial charge >= 0.3 is 0 Å². The number of fused-ring (bicyclic) bond motifs is 2. The Morgan fingerprint density at radius 1 is 0.889 bits per heavy atom. The Morgan fingerprint density at radius 2 is 1.56 bits per heavy atom. The summed E-state index contributed by atoms with van der Waals surface area (Å²) >= 11 is 0. The van der Waals surface area contributed by atoms with E-state index in [9.17, 15) is 10.2 Å². The second-order valence-corrected chi connectivity index (χ2v) is 12.3. The van der Waals surface area contributed by atoms with Gasteiger partial charge in [-0.3, -0.25) is 0 Å². The van der Waals surface area contributed by atoms with E-state index in [2.05, 4.69) is 89.0 Å². The van der Waals surface area contributed by atoms with Crippen molar-refractivity contribution in [1.82, 2.24) is 4.98 Å². The summed E-state index contributed by atoms with van der Waals surface area (Å²) in [6.07, 6.45) is 6.86. The van der Waals surface area contributed by atoms with Crippen LogP contribution in [-0.2, 0) is 20.1 Å². The van der Waals surface area contributed by atoms with Gasteiger partial charge in [-0.1, -0.05) is 72.2 Å². The largest absolute Gasteiger partial charge is 0.392 e. The Hall–Kier alpha value is -1.58. The van der Waals surface area contributed by atoms with Crippen molar-refractivity contribution in [3.8, 4) is 11.3 Å². The zero-order chi connectivity index (χ0) is 25.4. The van der Waals surface area contributed by atoms with Crippen LogP contribution in [0.15, 0.2) is 48.7 Å². The molecule has 2 N–H and O–H groups in total. The second-order valence-electron chi connectivity index (χ2n) is 12.3. The van der Waals surface area contributed by atoms with Crippen molar-refractivity contribution < 1.29 is 30.3 Å². The molecule has 0 amide bonds. The van der Waals surface area contributed by atoms with E-state index in [1.54, 1.807) is 0 Å². The number of hydrogen-bond acceptors (Lipinski definition) is 3. The SMILES string of the molecule is CC1(C)CCCC2CCC(C)(C)C(O)C2C1O.Cc1[c-]c(-c2nccc3ccccc23)cc(C)c1.[Ir]. The minimum absolute atomic E-state index is 0. The number of aliphatic hydroxyl groups excluding tert-OH is 2. The Labute approximate surface area is 231 Å². The topological polar surface area (TPSA) is 53.4 Å². The van der Waals surface area contributed by atoms with Crippen LogP contribution in [-0.4, -0.2) is 27.4 Å². The van der Waals surface area contributed by atoms with Crippen LogP contribution < -0.4 is 0 Å². The van der Waals surface area contributed by atoms with Crippen LogP contribution in [0.2, 0.25) is 0 Å². The smallest absolute Gasteiger partial charge is 0.0646 e. The molecule has 197 valence electrons. The third-order valence-corrected chi connectivity index (χ3v) is 8.51. The maximum Gasteiger partial charge on any atom is 0.0646 e. The second kappa shape index (κ2) is 11.4. The van der Waals surface area contributed by atoms with Crippen LogP contribution in [0.25, 0.3) is 22.0 Å². The van der Waals surface area contributed by atoms with E-state index in [1.165, 1.54) is 35.6 Å². The van der Waals surface area contributed by atoms with Gasteiger partial charge in [0.05, 0.1) is 12.2 Å². The monoisotopic (exact) mass is 665 g/mol. The Morgan fingerprint density at radius 3 is 2.25 bits per heavy atom. The van der Waals surface area contributed by atoms with Gasteiger partial charge in [-0.25, -0.2) is 0 Å². The third kappa shape index (κ3) is 6.10. The van der Waals surface area contributed by atoms with E-state index >= 15 is 0 Å². The first-order valence-electron chi connectivity index (χ1n) is 13.2. The molecule has 4 atom stereocenters. The van der Waals surface area contributed by atoms with Crippen molar-refractivity contribution in [3.05, 3.63) is 65.9 Å². The molecule has 36 heavy (non-hydrogen) atoms. The first kappa shape index (κ1) is 29.0. The fourth-order valence-electron chi connectivity index (χ4n) is 6.29. The number of hydrogen-bond donors (Lipinski definition) is 2. The average molecular weight is 665 g/mol. The normalized spacial score (nSPS) is 26.6. The molecule has 1 radical (unpaired) electrons. The van der Waals surface area contributed by atoms with Gasteiger partial charge < -0.3 is 15.2 Å². The van der Waals surface area contributed by atoms with E-state index in [4.69, 9.17) is 0 Å². The minimum atomic E-state index is -0.357. The molecular weight excluding hydrogens is 623 g/mol. The van der Waals surface area contributed by atoms with Crippen molar-refractivity contribution >= 4 is 10.8 Å². The van der Waals surface area contributed by atoms with Crippen LogP contribution in [0.5, 0.6) is 0 Å². The van der Waals surface area contributed by atoms with Crippen molar-refractivity contribution in [2.75, 3.05) is 0 Å². The fourth-order valence-corrected chi connectivity index (χ4v) is 6.29. The molecule has 4 heteroatoms. The summed E-state index contributed by atoms with van der Waals surface area (Å²) in [5.41, 5.74) is 4.40. The molecular formula is C32H42IrNO2-. The van der Waals surface area contributed by atoms with Crippen LogP contribution in [0.3, 0.4) is 0 Å². The van der Waals surface area contributed by atoms with Crippen molar-refractivity contribution in [1.29, 1.82) is 0 Å². The standard InChI is InChI=1S/C17H14N.C15H28O2.Ir/c1-12-9-13(2)11-15(10-12)17-16-6-4-3-5-14(16)7-8-18-17;1-14(2)8-5-6-10-7-9-15(3,4)13(17)11(10)12(14)16;/h3-10H,1-2H3;10-13,16-17H,5-9H2,1-4H3;/q-1;;. The molecule has 2 saturated carbocycles. The maximum absolute atomic E-state index is 10.7. The Balaban J connectivity index is 0.000000196. The number of aryl methyl sites for hydroxylation is 2. The van der Waals surface area contributed by atoms with E-state index in [-0.39, 0.29) is 49.1 Å². The number of nitrogens with zero attached hydrogens (tertiary/aromatic N) is 1. The van der Waals surface area contributed by atoms with E-state index in [1.807, 2.05) is 12.3 Å². The zero-order valence-electron chi connectivity index (χ0n) is 22.6. The molecule has 0 saturated heterocycles. The number of pyridine rings is 1. The molecule has 3 aromatic rings. The van der Waals surface area contributed by atoms with Gasteiger partial charge in [-0.05, 0) is 65.0 Å². The molecule has 0 aliphatic heterocycles. The van der Waals surface area contributed by atoms with Gasteiger partial charge in [0.1, 0.15) is 0 Å². The summed E-state index contributed by atoms with van der Waals surface area (Å²) in [5.74, 6) is 0.603. The zero-order valence-corrected chi connectivity index (χ0v) is 25.0. The summed E-state index contributed by atoms with van der Waals surface area (Å²) in [6.45, 7) is 12.7. The first-order valence-corrected chi connectivity index (χ1v) is 13.2. The number of aliphatic hydroxyl groups is 2. The van der Waals surface area contributed by atoms with Crippen molar-refractivity contribution in [3.63, 3.8) is 0 Å². The minimum Gasteiger partial charge on any atom is -0.392 e. The fraction of sp³-hybridized carbons (Fsp3) is 0.531. The Kier molecular flexibility index (Phi) is 9.21. The first-order chi connectivity index (χ1) is 16.5. The molecule has 3 nitrogen and oxygen atoms in total. The van der Waals surface area contributed by atoms with Crippen LogP contribution >= 0.6 is 0 Å². The number of benzene rings is 2. The molecule has 5 rings (SSSR count). The summed E-state index contributed by atoms with van der Waals surface area (Å²) in [6, 6.07) is 18.0. The predicted molar refractivity (Wildman–Crippen MR) is 145 cm³/mol. The summed E-state index contributed by atoms with van der Waals surface area (Å²) in [4.78, 5) is 4.53. The van der Waals surface area contributed by atoms with Gasteiger partial charge in [0.15, 0.2) is 0 Å². The van der Waals surface area contributed by atoms with Gasteiger partial charge in [-0.2, -0.15) is 0 Å². The van der Waals surface area contributed by atoms with Gasteiger partial charge in [0.2, 0.25) is 0 Å². The van der Waals surface area contributed by atoms with Gasteiger partial charge in [0, 0.05) is 32.2 Å². The van der Waals surface area contributed by atoms with E-state index in [0.717, 1.165) is 29.7 Å². The molecule has 2 aliphatic rings. The van der Waals surface area contributed by atoms with Crippen LogP contribution in [0.1, 0.15) is 70.9 Å². The average Bonchev–Trinajstić information content (AvgIpc) is 2.91. The number of rotatable bonds is 1. The molecule has 2 fully saturated rings. The number of aromatic nitrogens is 1. The predicted octanol–water partition coefficient (Wildman–Crippen LogP) is 7.29. The summed E-state index contributed by atoms with van der Waals surface area (Å²) in [5, 5.41) is 23.7. The van der Waals surface area contributed by atoms with Crippen molar-refractivity contribution in [2.24, 2.45) is 22.7 Å². The molecule has 0 spiro atoms. The summed E-state index contributed by atoms with van der Waals surface area (Å²) < 4.78 is 0. The van der Waals surface area contributed by atoms with E-state index < -0.39 is 0 Å². The van der Waals surface area contributed by atoms with Crippen LogP contribution in [0.4, 0.5) is 0 Å². The molecule has 0 bridgehead atoms. The van der Waals surface area contributed by atoms with Gasteiger partial charge in [0.25, 0.3) is 0 Å². The quantitative estimate of drug-likeness (QED) is 0.269.